The van der Waals surface area contributed by atoms with Crippen LogP contribution in [-0.4, -0.2) is 94.3 Å². The summed E-state index contributed by atoms with van der Waals surface area (Å²) in [7, 11) is 8.94. The molecule has 6 aromatic carbocycles. The number of ether oxygens (including phenoxy) is 8. The predicted molar refractivity (Wildman–Crippen MR) is 293 cm³/mol. The maximum atomic E-state index is 14.1. The van der Waals surface area contributed by atoms with Crippen LogP contribution in [0.1, 0.15) is 57.2 Å². The molecule has 390 valence electrons. The minimum atomic E-state index is -1.06. The Balaban J connectivity index is 1.37. The third-order valence-corrected chi connectivity index (χ3v) is 13.9. The molecule has 0 amide bonds. The van der Waals surface area contributed by atoms with Gasteiger partial charge in [0.25, 0.3) is 11.6 Å². The number of methoxy groups -OCH3 is 6. The van der Waals surface area contributed by atoms with Gasteiger partial charge in [-0.2, -0.15) is 0 Å². The van der Waals surface area contributed by atoms with Crippen LogP contribution in [0.15, 0.2) is 91.0 Å². The minimum Gasteiger partial charge on any atom is -0.496 e. The normalized spacial score (nSPS) is 11.2. The summed E-state index contributed by atoms with van der Waals surface area (Å²) in [5.41, 5.74) is 7.85. The van der Waals surface area contributed by atoms with Gasteiger partial charge in [0, 0.05) is 85.4 Å². The van der Waals surface area contributed by atoms with Gasteiger partial charge in [0.05, 0.1) is 99.7 Å². The van der Waals surface area contributed by atoms with E-state index in [1.807, 2.05) is 42.5 Å². The Morgan fingerprint density at radius 2 is 0.711 bits per heavy atom. The maximum absolute atomic E-state index is 14.1. The lowest BCUT2D eigenvalue weighted by molar-refractivity contribution is -0.138. The topological polar surface area (TPSA) is 189 Å². The average molecular weight is 1090 g/mol. The molecule has 0 aliphatic heterocycles. The van der Waals surface area contributed by atoms with Gasteiger partial charge in [0.15, 0.2) is 0 Å². The van der Waals surface area contributed by atoms with Crippen LogP contribution in [0.2, 0.25) is 15.1 Å². The van der Waals surface area contributed by atoms with Crippen LogP contribution < -0.4 is 28.4 Å². The van der Waals surface area contributed by atoms with E-state index in [0.29, 0.717) is 105 Å². The summed E-state index contributed by atoms with van der Waals surface area (Å²) >= 11 is 19.5. The van der Waals surface area contributed by atoms with Crippen molar-refractivity contribution in [3.05, 3.63) is 140 Å². The summed E-state index contributed by atoms with van der Waals surface area (Å²) in [6.45, 7) is 3.18. The molecule has 3 N–H and O–H groups in total. The second-order valence-corrected chi connectivity index (χ2v) is 18.5. The standard InChI is InChI=1S/C58H50Cl3N3O12/c1-9-75-57(67)55(65)50-42(73-7)26-40(71-5)48-44(28-11-17-31(59)18-12-28)35(63-53(48)50)23-34-38(69-3)25-39(70-4)47-45(29-13-19-32(60)20-14-29)36(62-52(34)47)24-37-46(30-15-21-33(61)22-16-30)49-41(72-6)27-43(74-8)51(54(49)64-37)56(66)58(68)76-10-2/h11-22,25-27,62-64H,9-10,23-24H2,1-8H3. The van der Waals surface area contributed by atoms with Gasteiger partial charge < -0.3 is 52.8 Å². The smallest absolute Gasteiger partial charge is 0.379 e. The molecule has 76 heavy (non-hydrogen) atoms. The summed E-state index contributed by atoms with van der Waals surface area (Å²) < 4.78 is 46.4. The summed E-state index contributed by atoms with van der Waals surface area (Å²) in [4.78, 5) is 65.6. The van der Waals surface area contributed by atoms with E-state index in [4.69, 9.17) is 72.7 Å². The third kappa shape index (κ3) is 9.39. The molecule has 0 saturated carbocycles. The molecule has 0 saturated heterocycles. The molecule has 0 spiro atoms. The van der Waals surface area contributed by atoms with Crippen molar-refractivity contribution >= 4 is 91.0 Å². The van der Waals surface area contributed by atoms with E-state index in [2.05, 4.69) is 15.0 Å². The lowest BCUT2D eigenvalue weighted by Crippen LogP contribution is -2.19. The van der Waals surface area contributed by atoms with Crippen LogP contribution in [-0.2, 0) is 31.9 Å². The number of nitrogens with one attached hydrogen (secondary N) is 3. The van der Waals surface area contributed by atoms with Crippen LogP contribution in [0, 0.1) is 0 Å². The quantitative estimate of drug-likeness (QED) is 0.0395. The van der Waals surface area contributed by atoms with Gasteiger partial charge in [-0.1, -0.05) is 71.2 Å². The number of ketones is 2. The van der Waals surface area contributed by atoms with E-state index in [1.54, 1.807) is 76.6 Å². The van der Waals surface area contributed by atoms with Crippen LogP contribution in [0.4, 0.5) is 0 Å². The molecular formula is C58H50Cl3N3O12. The molecule has 0 aliphatic rings. The Kier molecular flexibility index (Phi) is 15.3. The van der Waals surface area contributed by atoms with Gasteiger partial charge in [-0.25, -0.2) is 9.59 Å². The average Bonchev–Trinajstić information content (AvgIpc) is 4.17. The molecule has 18 heteroatoms. The Bertz CT molecular complexity index is 3750. The fourth-order valence-electron chi connectivity index (χ4n) is 9.94. The van der Waals surface area contributed by atoms with Crippen molar-refractivity contribution in [2.75, 3.05) is 55.9 Å². The zero-order chi connectivity index (χ0) is 54.1. The Morgan fingerprint density at radius 1 is 0.408 bits per heavy atom. The molecule has 3 aromatic heterocycles. The first-order valence-electron chi connectivity index (χ1n) is 23.8. The molecule has 0 bridgehead atoms. The van der Waals surface area contributed by atoms with Crippen LogP contribution in [0.25, 0.3) is 66.1 Å². The zero-order valence-electron chi connectivity index (χ0n) is 42.5. The summed E-state index contributed by atoms with van der Waals surface area (Å²) in [6, 6.07) is 26.8. The SMILES string of the molecule is CCOC(=O)C(=O)c1c(OC)cc(OC)c2c(-c3ccc(Cl)cc3)c(Cc3[nH]c4c(Cc5[nH]c6c(C(=O)C(=O)OCC)c(OC)cc(OC)c6c5-c5ccc(Cl)cc5)c(OC)cc(OC)c4c3-c3ccc(Cl)cc3)[nH]c12. The fraction of sp³-hybridized carbons (Fsp3) is 0.207. The highest BCUT2D eigenvalue weighted by Crippen LogP contribution is 2.50. The van der Waals surface area contributed by atoms with Crippen molar-refractivity contribution in [2.45, 2.75) is 26.7 Å². The maximum Gasteiger partial charge on any atom is 0.379 e. The van der Waals surface area contributed by atoms with Gasteiger partial charge in [-0.3, -0.25) is 9.59 Å². The lowest BCUT2D eigenvalue weighted by Gasteiger charge is -2.15. The highest BCUT2D eigenvalue weighted by molar-refractivity contribution is 6.44. The molecule has 15 nitrogen and oxygen atoms in total. The summed E-state index contributed by atoms with van der Waals surface area (Å²) in [6.07, 6.45) is 0.259. The van der Waals surface area contributed by atoms with E-state index in [9.17, 15) is 19.2 Å². The van der Waals surface area contributed by atoms with Crippen LogP contribution in [0.3, 0.4) is 0 Å². The molecule has 0 aliphatic carbocycles. The van der Waals surface area contributed by atoms with Crippen molar-refractivity contribution in [3.8, 4) is 67.9 Å². The van der Waals surface area contributed by atoms with Crippen molar-refractivity contribution in [3.63, 3.8) is 0 Å². The van der Waals surface area contributed by atoms with E-state index < -0.39 is 23.5 Å². The van der Waals surface area contributed by atoms with Gasteiger partial charge in [-0.05, 0) is 66.9 Å². The third-order valence-electron chi connectivity index (χ3n) is 13.2. The number of H-pyrrole nitrogens is 3. The number of hydrogen-bond donors (Lipinski definition) is 3. The van der Waals surface area contributed by atoms with Crippen molar-refractivity contribution in [1.29, 1.82) is 0 Å². The van der Waals surface area contributed by atoms with Gasteiger partial charge in [0.2, 0.25) is 0 Å². The number of carbonyl (C=O) groups is 4. The zero-order valence-corrected chi connectivity index (χ0v) is 44.8. The van der Waals surface area contributed by atoms with Crippen molar-refractivity contribution in [1.82, 2.24) is 15.0 Å². The number of carbonyl (C=O) groups excluding carboxylic acids is 4. The van der Waals surface area contributed by atoms with Crippen LogP contribution in [0.5, 0.6) is 34.5 Å². The second kappa shape index (κ2) is 22.0. The van der Waals surface area contributed by atoms with E-state index in [0.717, 1.165) is 11.1 Å². The molecular weight excluding hydrogens is 1040 g/mol. The Morgan fingerprint density at radius 3 is 1.04 bits per heavy atom. The number of halogens is 3. The Labute approximate surface area is 451 Å². The number of rotatable bonds is 19. The molecule has 0 radical (unpaired) electrons. The van der Waals surface area contributed by atoms with Crippen molar-refractivity contribution in [2.24, 2.45) is 0 Å². The first-order valence-corrected chi connectivity index (χ1v) is 25.0. The minimum absolute atomic E-state index is 0.0237. The van der Waals surface area contributed by atoms with E-state index in [-0.39, 0.29) is 59.7 Å². The lowest BCUT2D eigenvalue weighted by atomic mass is 9.93. The van der Waals surface area contributed by atoms with E-state index >= 15 is 0 Å². The Hall–Kier alpha value is -8.11. The number of Topliss-reactive ketones (excluding diaryl/α,β-unsaturated/α-hetero) is 2. The molecule has 3 heterocycles. The number of aromatic amines is 3. The number of fused-ring (bicyclic) bond motifs is 3. The second-order valence-electron chi connectivity index (χ2n) is 17.2. The van der Waals surface area contributed by atoms with Gasteiger partial charge in [-0.15, -0.1) is 0 Å². The molecule has 0 unspecified atom stereocenters. The number of hydrogen-bond acceptors (Lipinski definition) is 12. The molecule has 0 fully saturated rings. The number of esters is 2. The largest absolute Gasteiger partial charge is 0.496 e. The highest BCUT2D eigenvalue weighted by Gasteiger charge is 2.34. The highest BCUT2D eigenvalue weighted by atomic mass is 35.5. The first-order chi connectivity index (χ1) is 36.7. The summed E-state index contributed by atoms with van der Waals surface area (Å²) in [5, 5.41) is 3.18. The number of benzene rings is 6. The molecule has 9 rings (SSSR count). The van der Waals surface area contributed by atoms with Gasteiger partial charge in [0.1, 0.15) is 34.5 Å². The fourth-order valence-corrected chi connectivity index (χ4v) is 10.3. The van der Waals surface area contributed by atoms with Crippen LogP contribution >= 0.6 is 34.8 Å². The van der Waals surface area contributed by atoms with Crippen molar-refractivity contribution < 1.29 is 57.1 Å². The number of aromatic nitrogens is 3. The summed E-state index contributed by atoms with van der Waals surface area (Å²) in [5.74, 6) is -2.14. The monoisotopic (exact) mass is 1090 g/mol. The first kappa shape index (κ1) is 52.7. The predicted octanol–water partition coefficient (Wildman–Crippen LogP) is 12.8. The van der Waals surface area contributed by atoms with Gasteiger partial charge >= 0.3 is 11.9 Å². The molecule has 0 atom stereocenters. The van der Waals surface area contributed by atoms with E-state index in [1.165, 1.54) is 28.4 Å². The molecule has 9 aromatic rings.